The number of ether oxygens (including phenoxy) is 1. The van der Waals surface area contributed by atoms with Crippen LogP contribution in [0.25, 0.3) is 6.08 Å². The average molecular weight is 395 g/mol. The molecule has 0 unspecified atom stereocenters. The molecule has 1 aromatic carbocycles. The summed E-state index contributed by atoms with van der Waals surface area (Å²) in [5.41, 5.74) is 1.49. The van der Waals surface area contributed by atoms with Crippen LogP contribution in [0, 0.1) is 0 Å². The van der Waals surface area contributed by atoms with Crippen molar-refractivity contribution in [3.63, 3.8) is 0 Å². The molecular weight excluding hydrogens is 374 g/mol. The Morgan fingerprint density at radius 3 is 2.66 bits per heavy atom. The van der Waals surface area contributed by atoms with Crippen molar-refractivity contribution in [2.45, 2.75) is 19.4 Å². The van der Waals surface area contributed by atoms with E-state index in [4.69, 9.17) is 9.15 Å². The molecule has 2 fully saturated rings. The van der Waals surface area contributed by atoms with Crippen molar-refractivity contribution < 1.29 is 23.5 Å². The first-order chi connectivity index (χ1) is 14.1. The second-order valence-corrected chi connectivity index (χ2v) is 6.91. The molecule has 0 atom stereocenters. The van der Waals surface area contributed by atoms with Gasteiger partial charge in [0, 0.05) is 30.4 Å². The van der Waals surface area contributed by atoms with Crippen molar-refractivity contribution in [1.82, 2.24) is 10.2 Å². The van der Waals surface area contributed by atoms with Crippen LogP contribution in [-0.4, -0.2) is 42.9 Å². The highest BCUT2D eigenvalue weighted by Crippen LogP contribution is 2.30. The molecular formula is C21H21N3O5. The fourth-order valence-corrected chi connectivity index (χ4v) is 3.54. The van der Waals surface area contributed by atoms with Gasteiger partial charge in [0.15, 0.2) is 0 Å². The van der Waals surface area contributed by atoms with Gasteiger partial charge >= 0.3 is 6.03 Å². The van der Waals surface area contributed by atoms with Gasteiger partial charge in [0.05, 0.1) is 19.9 Å². The summed E-state index contributed by atoms with van der Waals surface area (Å²) < 4.78 is 10.7. The number of amides is 4. The van der Waals surface area contributed by atoms with Gasteiger partial charge in [-0.05, 0) is 43.2 Å². The van der Waals surface area contributed by atoms with Crippen molar-refractivity contribution in [2.75, 3.05) is 25.1 Å². The highest BCUT2D eigenvalue weighted by molar-refractivity contribution is 6.31. The highest BCUT2D eigenvalue weighted by atomic mass is 16.5. The number of carbonyl (C=O) groups excluding carboxylic acids is 3. The first kappa shape index (κ1) is 18.8. The Morgan fingerprint density at radius 2 is 1.97 bits per heavy atom. The van der Waals surface area contributed by atoms with Gasteiger partial charge in [-0.3, -0.25) is 19.8 Å². The Labute approximate surface area is 167 Å². The number of benzene rings is 1. The van der Waals surface area contributed by atoms with Gasteiger partial charge in [-0.15, -0.1) is 0 Å². The molecule has 4 amide bonds. The minimum Gasteiger partial charge on any atom is -0.496 e. The summed E-state index contributed by atoms with van der Waals surface area (Å²) in [7, 11) is 1.54. The average Bonchev–Trinajstić information content (AvgIpc) is 3.42. The van der Waals surface area contributed by atoms with Crippen LogP contribution < -0.4 is 15.0 Å². The molecule has 2 aliphatic heterocycles. The van der Waals surface area contributed by atoms with Crippen LogP contribution in [0.2, 0.25) is 0 Å². The maximum absolute atomic E-state index is 12.8. The summed E-state index contributed by atoms with van der Waals surface area (Å²) >= 11 is 0. The lowest BCUT2D eigenvalue weighted by Crippen LogP contribution is -2.53. The van der Waals surface area contributed by atoms with E-state index in [-0.39, 0.29) is 12.1 Å². The molecule has 0 bridgehead atoms. The highest BCUT2D eigenvalue weighted by Gasteiger charge is 2.36. The summed E-state index contributed by atoms with van der Waals surface area (Å²) in [5, 5.41) is 2.20. The molecule has 4 rings (SSSR count). The lowest BCUT2D eigenvalue weighted by atomic mass is 10.1. The number of imide groups is 2. The van der Waals surface area contributed by atoms with Crippen molar-refractivity contribution in [2.24, 2.45) is 0 Å². The molecule has 1 N–H and O–H groups in total. The van der Waals surface area contributed by atoms with Gasteiger partial charge < -0.3 is 14.1 Å². The number of nitrogens with one attached hydrogen (secondary N) is 1. The zero-order valence-electron chi connectivity index (χ0n) is 16.0. The Hall–Kier alpha value is -3.55. The van der Waals surface area contributed by atoms with Crippen LogP contribution in [0.3, 0.4) is 0 Å². The molecule has 0 aliphatic carbocycles. The minimum atomic E-state index is -0.773. The summed E-state index contributed by atoms with van der Waals surface area (Å²) in [5.74, 6) is -0.422. The van der Waals surface area contributed by atoms with E-state index in [0.29, 0.717) is 17.1 Å². The molecule has 2 saturated heterocycles. The molecule has 2 aliphatic rings. The lowest BCUT2D eigenvalue weighted by Gasteiger charge is -2.25. The van der Waals surface area contributed by atoms with Gasteiger partial charge in [-0.1, -0.05) is 0 Å². The number of hydrogen-bond acceptors (Lipinski definition) is 6. The van der Waals surface area contributed by atoms with Crippen LogP contribution in [0.15, 0.2) is 46.6 Å². The van der Waals surface area contributed by atoms with Crippen LogP contribution in [-0.2, 0) is 16.1 Å². The first-order valence-electron chi connectivity index (χ1n) is 9.41. The van der Waals surface area contributed by atoms with Crippen molar-refractivity contribution in [3.05, 3.63) is 53.5 Å². The normalized spacial score (nSPS) is 18.5. The number of urea groups is 1. The third kappa shape index (κ3) is 3.73. The summed E-state index contributed by atoms with van der Waals surface area (Å²) in [4.78, 5) is 40.5. The van der Waals surface area contributed by atoms with E-state index in [2.05, 4.69) is 10.2 Å². The van der Waals surface area contributed by atoms with Crippen molar-refractivity contribution in [3.8, 4) is 5.75 Å². The number of nitrogens with zero attached hydrogens (tertiary/aromatic N) is 2. The Morgan fingerprint density at radius 1 is 1.17 bits per heavy atom. The second kappa shape index (κ2) is 7.83. The zero-order valence-corrected chi connectivity index (χ0v) is 16.0. The van der Waals surface area contributed by atoms with Crippen LogP contribution in [0.4, 0.5) is 10.5 Å². The maximum Gasteiger partial charge on any atom is 0.331 e. The second-order valence-electron chi connectivity index (χ2n) is 6.91. The molecule has 150 valence electrons. The van der Waals surface area contributed by atoms with Crippen molar-refractivity contribution >= 4 is 29.6 Å². The monoisotopic (exact) mass is 395 g/mol. The maximum atomic E-state index is 12.8. The smallest absolute Gasteiger partial charge is 0.331 e. The van der Waals surface area contributed by atoms with E-state index in [1.807, 2.05) is 18.2 Å². The molecule has 29 heavy (non-hydrogen) atoms. The van der Waals surface area contributed by atoms with E-state index in [1.54, 1.807) is 19.2 Å². The standard InChI is InChI=1S/C21H21N3O5/c1-28-18-12-15(23-8-2-3-9-23)7-6-14(18)11-17-19(25)22-21(27)24(20(17)26)13-16-5-4-10-29-16/h4-7,10-12H,2-3,8-9,13H2,1H3,(H,22,25,27). The summed E-state index contributed by atoms with van der Waals surface area (Å²) in [6, 6.07) is 8.20. The molecule has 0 saturated carbocycles. The van der Waals surface area contributed by atoms with Gasteiger partial charge in [0.25, 0.3) is 11.8 Å². The van der Waals surface area contributed by atoms with E-state index < -0.39 is 17.8 Å². The summed E-state index contributed by atoms with van der Waals surface area (Å²) in [6.07, 6.45) is 5.22. The van der Waals surface area contributed by atoms with Crippen molar-refractivity contribution in [1.29, 1.82) is 0 Å². The predicted molar refractivity (Wildman–Crippen MR) is 105 cm³/mol. The molecule has 0 radical (unpaired) electrons. The van der Waals surface area contributed by atoms with Gasteiger partial charge in [-0.2, -0.15) is 0 Å². The van der Waals surface area contributed by atoms with E-state index in [1.165, 1.54) is 12.3 Å². The van der Waals surface area contributed by atoms with Crippen LogP contribution in [0.5, 0.6) is 5.75 Å². The Bertz CT molecular complexity index is 974. The zero-order chi connectivity index (χ0) is 20.4. The molecule has 0 spiro atoms. The third-order valence-corrected chi connectivity index (χ3v) is 5.07. The van der Waals surface area contributed by atoms with Gasteiger partial charge in [-0.25, -0.2) is 4.79 Å². The Kier molecular flexibility index (Phi) is 5.07. The number of methoxy groups -OCH3 is 1. The van der Waals surface area contributed by atoms with Gasteiger partial charge in [0.1, 0.15) is 17.1 Å². The van der Waals surface area contributed by atoms with Crippen LogP contribution >= 0.6 is 0 Å². The topological polar surface area (TPSA) is 92.1 Å². The largest absolute Gasteiger partial charge is 0.496 e. The number of barbiturate groups is 1. The number of hydrogen-bond donors (Lipinski definition) is 1. The molecule has 3 heterocycles. The van der Waals surface area contributed by atoms with Crippen LogP contribution in [0.1, 0.15) is 24.2 Å². The fourth-order valence-electron chi connectivity index (χ4n) is 3.54. The molecule has 1 aromatic heterocycles. The minimum absolute atomic E-state index is 0.0622. The van der Waals surface area contributed by atoms with E-state index in [9.17, 15) is 14.4 Å². The quantitative estimate of drug-likeness (QED) is 0.618. The van der Waals surface area contributed by atoms with Gasteiger partial charge in [0.2, 0.25) is 0 Å². The summed E-state index contributed by atoms with van der Waals surface area (Å²) in [6.45, 7) is 1.93. The third-order valence-electron chi connectivity index (χ3n) is 5.07. The van der Waals surface area contributed by atoms with E-state index in [0.717, 1.165) is 36.5 Å². The number of carbonyl (C=O) groups is 3. The molecule has 2 aromatic rings. The predicted octanol–water partition coefficient (Wildman–Crippen LogP) is 2.55. The molecule has 8 heteroatoms. The SMILES string of the molecule is COc1cc(N2CCCC2)ccc1C=C1C(=O)NC(=O)N(Cc2ccco2)C1=O. The number of furan rings is 1. The number of rotatable bonds is 5. The molecule has 8 nitrogen and oxygen atoms in total. The number of anilines is 1. The Balaban J connectivity index is 1.64. The fraction of sp³-hybridized carbons (Fsp3) is 0.286. The lowest BCUT2D eigenvalue weighted by molar-refractivity contribution is -0.130. The van der Waals surface area contributed by atoms with E-state index >= 15 is 0 Å². The first-order valence-corrected chi connectivity index (χ1v) is 9.41.